The van der Waals surface area contributed by atoms with Crippen LogP contribution in [0.25, 0.3) is 0 Å². The summed E-state index contributed by atoms with van der Waals surface area (Å²) in [6.07, 6.45) is 2.66. The molecular weight excluding hydrogens is 376 g/mol. The van der Waals surface area contributed by atoms with E-state index in [4.69, 9.17) is 11.6 Å². The lowest BCUT2D eigenvalue weighted by Gasteiger charge is -2.15. The van der Waals surface area contributed by atoms with Crippen molar-refractivity contribution in [3.63, 3.8) is 0 Å². The van der Waals surface area contributed by atoms with Crippen molar-refractivity contribution < 1.29 is 22.0 Å². The maximum Gasteiger partial charge on any atom is 0.344 e. The first-order chi connectivity index (χ1) is 11.7. The molecule has 0 atom stereocenters. The lowest BCUT2D eigenvalue weighted by atomic mass is 10.3. The van der Waals surface area contributed by atoms with E-state index in [0.29, 0.717) is 6.54 Å². The first-order valence-corrected chi connectivity index (χ1v) is 9.26. The van der Waals surface area contributed by atoms with Gasteiger partial charge in [-0.15, -0.1) is 0 Å². The molecule has 10 heteroatoms. The number of benzene rings is 1. The molecule has 0 aliphatic carbocycles. The summed E-state index contributed by atoms with van der Waals surface area (Å²) in [5.41, 5.74) is 0. The molecule has 0 spiro atoms. The molecule has 1 aromatic heterocycles. The SMILES string of the molecule is CCCCN(C)C(=O)n1cc(Cl)c(S(=O)(=O)c2cccc(F)c2F)n1. The molecule has 2 rings (SSSR count). The van der Waals surface area contributed by atoms with Crippen LogP contribution in [0.4, 0.5) is 13.6 Å². The van der Waals surface area contributed by atoms with Crippen molar-refractivity contribution in [3.8, 4) is 0 Å². The molecule has 2 aromatic rings. The third-order valence-corrected chi connectivity index (χ3v) is 5.56. The van der Waals surface area contributed by atoms with Crippen LogP contribution in [-0.2, 0) is 9.84 Å². The number of hydrogen-bond acceptors (Lipinski definition) is 4. The number of halogens is 3. The van der Waals surface area contributed by atoms with Crippen LogP contribution in [0.1, 0.15) is 19.8 Å². The molecule has 6 nitrogen and oxygen atoms in total. The number of nitrogens with zero attached hydrogens (tertiary/aromatic N) is 3. The van der Waals surface area contributed by atoms with Gasteiger partial charge in [0.2, 0.25) is 14.9 Å². The Balaban J connectivity index is 2.42. The maximum absolute atomic E-state index is 13.8. The molecule has 0 aliphatic rings. The fourth-order valence-electron chi connectivity index (χ4n) is 2.08. The van der Waals surface area contributed by atoms with Gasteiger partial charge in [-0.2, -0.15) is 9.78 Å². The highest BCUT2D eigenvalue weighted by molar-refractivity contribution is 7.91. The highest BCUT2D eigenvalue weighted by atomic mass is 35.5. The van der Waals surface area contributed by atoms with Crippen LogP contribution in [0.5, 0.6) is 0 Å². The van der Waals surface area contributed by atoms with Crippen molar-refractivity contribution in [2.75, 3.05) is 13.6 Å². The second-order valence-corrected chi connectivity index (χ2v) is 7.58. The van der Waals surface area contributed by atoms with E-state index in [0.717, 1.165) is 41.9 Å². The predicted octanol–water partition coefficient (Wildman–Crippen LogP) is 3.35. The lowest BCUT2D eigenvalue weighted by Crippen LogP contribution is -2.32. The van der Waals surface area contributed by atoms with E-state index in [1.54, 1.807) is 0 Å². The topological polar surface area (TPSA) is 72.3 Å². The first kappa shape index (κ1) is 19.3. The molecule has 1 amide bonds. The molecule has 0 unspecified atom stereocenters. The van der Waals surface area contributed by atoms with Crippen LogP contribution in [0, 0.1) is 11.6 Å². The summed E-state index contributed by atoms with van der Waals surface area (Å²) >= 11 is 5.88. The number of carbonyl (C=O) groups is 1. The molecule has 0 N–H and O–H groups in total. The highest BCUT2D eigenvalue weighted by Crippen LogP contribution is 2.28. The fourth-order valence-corrected chi connectivity index (χ4v) is 3.82. The van der Waals surface area contributed by atoms with Crippen LogP contribution in [-0.4, -0.2) is 42.7 Å². The van der Waals surface area contributed by atoms with Crippen molar-refractivity contribution in [1.82, 2.24) is 14.7 Å². The molecule has 1 heterocycles. The van der Waals surface area contributed by atoms with Crippen molar-refractivity contribution in [3.05, 3.63) is 41.1 Å². The van der Waals surface area contributed by atoms with Crippen molar-refractivity contribution >= 4 is 27.5 Å². The Morgan fingerprint density at radius 2 is 2.04 bits per heavy atom. The van der Waals surface area contributed by atoms with Crippen LogP contribution >= 0.6 is 11.6 Å². The molecule has 25 heavy (non-hydrogen) atoms. The third kappa shape index (κ3) is 3.82. The van der Waals surface area contributed by atoms with Gasteiger partial charge in [0.15, 0.2) is 11.6 Å². The normalized spacial score (nSPS) is 11.6. The number of aromatic nitrogens is 2. The van der Waals surface area contributed by atoms with Gasteiger partial charge in [0.1, 0.15) is 4.90 Å². The summed E-state index contributed by atoms with van der Waals surface area (Å²) in [6, 6.07) is 2.16. The Morgan fingerprint density at radius 3 is 2.68 bits per heavy atom. The van der Waals surface area contributed by atoms with Gasteiger partial charge in [-0.05, 0) is 18.6 Å². The molecule has 136 valence electrons. The second-order valence-electron chi connectivity index (χ2n) is 5.34. The van der Waals surface area contributed by atoms with E-state index in [9.17, 15) is 22.0 Å². The van der Waals surface area contributed by atoms with Crippen LogP contribution in [0.3, 0.4) is 0 Å². The van der Waals surface area contributed by atoms with Crippen molar-refractivity contribution in [1.29, 1.82) is 0 Å². The van der Waals surface area contributed by atoms with Gasteiger partial charge >= 0.3 is 6.03 Å². The van der Waals surface area contributed by atoms with E-state index in [-0.39, 0.29) is 5.02 Å². The molecule has 0 aliphatic heterocycles. The summed E-state index contributed by atoms with van der Waals surface area (Å²) < 4.78 is 53.0. The third-order valence-electron chi connectivity index (χ3n) is 3.47. The summed E-state index contributed by atoms with van der Waals surface area (Å²) in [6.45, 7) is 2.41. The number of amides is 1. The Kier molecular flexibility index (Phi) is 5.79. The van der Waals surface area contributed by atoms with Crippen LogP contribution in [0.15, 0.2) is 34.3 Å². The van der Waals surface area contributed by atoms with E-state index in [1.807, 2.05) is 6.92 Å². The summed E-state index contributed by atoms with van der Waals surface area (Å²) in [5.74, 6) is -2.84. The van der Waals surface area contributed by atoms with E-state index in [2.05, 4.69) is 5.10 Å². The Bertz CT molecular complexity index is 899. The minimum atomic E-state index is -4.53. The molecule has 0 fully saturated rings. The van der Waals surface area contributed by atoms with Gasteiger partial charge in [-0.25, -0.2) is 22.0 Å². The molecule has 0 saturated carbocycles. The minimum Gasteiger partial charge on any atom is -0.326 e. The smallest absolute Gasteiger partial charge is 0.326 e. The second kappa shape index (κ2) is 7.49. The Labute approximate surface area is 148 Å². The monoisotopic (exact) mass is 391 g/mol. The van der Waals surface area contributed by atoms with E-state index >= 15 is 0 Å². The summed E-state index contributed by atoms with van der Waals surface area (Å²) in [4.78, 5) is 12.7. The standard InChI is InChI=1S/C15H16ClF2N3O3S/c1-3-4-8-20(2)15(22)21-9-10(16)14(19-21)25(23,24)12-7-5-6-11(17)13(12)18/h5-7,9H,3-4,8H2,1-2H3. The van der Waals surface area contributed by atoms with Crippen molar-refractivity contribution in [2.45, 2.75) is 29.7 Å². The number of rotatable bonds is 5. The van der Waals surface area contributed by atoms with Crippen molar-refractivity contribution in [2.24, 2.45) is 0 Å². The number of unbranched alkanes of at least 4 members (excludes halogenated alkanes) is 1. The number of hydrogen-bond donors (Lipinski definition) is 0. The largest absolute Gasteiger partial charge is 0.344 e. The zero-order valence-electron chi connectivity index (χ0n) is 13.5. The van der Waals surface area contributed by atoms with Gasteiger partial charge < -0.3 is 4.90 Å². The zero-order chi connectivity index (χ0) is 18.8. The Morgan fingerprint density at radius 1 is 1.36 bits per heavy atom. The van der Waals surface area contributed by atoms with Gasteiger partial charge in [0.05, 0.1) is 11.2 Å². The average Bonchev–Trinajstić information content (AvgIpc) is 2.96. The molecule has 1 aromatic carbocycles. The quantitative estimate of drug-likeness (QED) is 0.783. The Hall–Kier alpha value is -2.00. The fraction of sp³-hybridized carbons (Fsp3) is 0.333. The van der Waals surface area contributed by atoms with E-state index < -0.39 is 37.4 Å². The average molecular weight is 392 g/mol. The summed E-state index contributed by atoms with van der Waals surface area (Å²) in [5, 5.41) is 2.60. The zero-order valence-corrected chi connectivity index (χ0v) is 15.1. The maximum atomic E-state index is 13.8. The van der Waals surface area contributed by atoms with Gasteiger partial charge in [0.25, 0.3) is 0 Å². The highest BCUT2D eigenvalue weighted by Gasteiger charge is 2.30. The van der Waals surface area contributed by atoms with E-state index in [1.165, 1.54) is 11.9 Å². The minimum absolute atomic E-state index is 0.360. The first-order valence-electron chi connectivity index (χ1n) is 7.39. The lowest BCUT2D eigenvalue weighted by molar-refractivity contribution is 0.206. The van der Waals surface area contributed by atoms with Crippen LogP contribution < -0.4 is 0 Å². The molecular formula is C15H16ClF2N3O3S. The summed E-state index contributed by atoms with van der Waals surface area (Å²) in [7, 11) is -2.99. The van der Waals surface area contributed by atoms with Crippen LogP contribution in [0.2, 0.25) is 5.02 Å². The van der Waals surface area contributed by atoms with Gasteiger partial charge in [0, 0.05) is 13.6 Å². The number of sulfone groups is 1. The van der Waals surface area contributed by atoms with Gasteiger partial charge in [-0.1, -0.05) is 31.0 Å². The molecule has 0 bridgehead atoms. The van der Waals surface area contributed by atoms with Gasteiger partial charge in [-0.3, -0.25) is 0 Å². The molecule has 0 radical (unpaired) electrons. The molecule has 0 saturated heterocycles. The predicted molar refractivity (Wildman–Crippen MR) is 87.4 cm³/mol. The number of carbonyl (C=O) groups excluding carboxylic acids is 1.